The van der Waals surface area contributed by atoms with Crippen molar-refractivity contribution in [3.05, 3.63) is 0 Å². The summed E-state index contributed by atoms with van der Waals surface area (Å²) in [6.45, 7) is 9.81. The molecule has 0 amide bonds. The molecule has 16 heavy (non-hydrogen) atoms. The van der Waals surface area contributed by atoms with E-state index in [4.69, 9.17) is 0 Å². The third-order valence-electron chi connectivity index (χ3n) is 3.88. The Kier molecular flexibility index (Phi) is 3.37. The van der Waals surface area contributed by atoms with E-state index in [-0.39, 0.29) is 11.6 Å². The van der Waals surface area contributed by atoms with E-state index < -0.39 is 0 Å². The summed E-state index contributed by atoms with van der Waals surface area (Å²) in [6, 6.07) is 0.183. The number of thioether (sulfide) groups is 1. The fourth-order valence-electron chi connectivity index (χ4n) is 3.00. The van der Waals surface area contributed by atoms with Crippen LogP contribution in [0.4, 0.5) is 0 Å². The van der Waals surface area contributed by atoms with Crippen LogP contribution in [0, 0.1) is 5.92 Å². The van der Waals surface area contributed by atoms with Gasteiger partial charge in [-0.05, 0) is 38.9 Å². The number of ketones is 1. The number of hydrogen-bond acceptors (Lipinski definition) is 3. The third kappa shape index (κ3) is 2.04. The number of Topliss-reactive ketones (excluding diaryl/α,β-unsaturated/α-hetero) is 1. The van der Waals surface area contributed by atoms with Gasteiger partial charge in [0.05, 0.1) is 6.04 Å². The molecule has 0 aromatic rings. The Morgan fingerprint density at radius 1 is 1.44 bits per heavy atom. The number of nitrogens with zero attached hydrogens (tertiary/aromatic N) is 1. The van der Waals surface area contributed by atoms with E-state index in [1.165, 1.54) is 12.2 Å². The van der Waals surface area contributed by atoms with E-state index in [1.807, 2.05) is 18.7 Å². The lowest BCUT2D eigenvalue weighted by atomic mass is 9.98. The molecule has 0 bridgehead atoms. The Morgan fingerprint density at radius 3 is 2.69 bits per heavy atom. The van der Waals surface area contributed by atoms with Gasteiger partial charge >= 0.3 is 0 Å². The number of hydrogen-bond donors (Lipinski definition) is 0. The fraction of sp³-hybridized carbons (Fsp3) is 0.923. The van der Waals surface area contributed by atoms with E-state index in [2.05, 4.69) is 25.7 Å². The van der Waals surface area contributed by atoms with Crippen LogP contribution < -0.4 is 0 Å². The van der Waals surface area contributed by atoms with Crippen LogP contribution in [0.3, 0.4) is 0 Å². The summed E-state index contributed by atoms with van der Waals surface area (Å²) in [7, 11) is 0. The van der Waals surface area contributed by atoms with Crippen molar-refractivity contribution in [2.45, 2.75) is 57.4 Å². The molecule has 0 N–H and O–H groups in total. The van der Waals surface area contributed by atoms with Crippen molar-refractivity contribution in [3.63, 3.8) is 0 Å². The number of carbonyl (C=O) groups excluding carboxylic acids is 1. The molecule has 3 atom stereocenters. The molecule has 92 valence electrons. The Balaban J connectivity index is 2.23. The topological polar surface area (TPSA) is 20.3 Å². The van der Waals surface area contributed by atoms with Gasteiger partial charge < -0.3 is 0 Å². The maximum absolute atomic E-state index is 12.2. The molecule has 0 aromatic heterocycles. The molecule has 0 spiro atoms. The van der Waals surface area contributed by atoms with E-state index >= 15 is 0 Å². The molecular weight excluding hydrogens is 218 g/mol. The maximum atomic E-state index is 12.2. The van der Waals surface area contributed by atoms with Crippen molar-refractivity contribution in [2.24, 2.45) is 5.92 Å². The first-order chi connectivity index (χ1) is 7.45. The Labute approximate surface area is 103 Å². The van der Waals surface area contributed by atoms with Crippen LogP contribution in [0.15, 0.2) is 0 Å². The SMILES string of the molecule is CCC(=O)C1C2SCCC2CN1C(C)(C)C. The maximum Gasteiger partial charge on any atom is 0.150 e. The second-order valence-electron chi connectivity index (χ2n) is 5.97. The van der Waals surface area contributed by atoms with Crippen LogP contribution in [0.2, 0.25) is 0 Å². The highest BCUT2D eigenvalue weighted by molar-refractivity contribution is 8.00. The highest BCUT2D eigenvalue weighted by atomic mass is 32.2. The quantitative estimate of drug-likeness (QED) is 0.741. The molecule has 0 saturated carbocycles. The second-order valence-corrected chi connectivity index (χ2v) is 7.26. The Morgan fingerprint density at radius 2 is 2.12 bits per heavy atom. The third-order valence-corrected chi connectivity index (χ3v) is 5.38. The van der Waals surface area contributed by atoms with Gasteiger partial charge in [-0.25, -0.2) is 0 Å². The van der Waals surface area contributed by atoms with Crippen LogP contribution in [-0.2, 0) is 4.79 Å². The van der Waals surface area contributed by atoms with Gasteiger partial charge in [0.2, 0.25) is 0 Å². The molecular formula is C13H23NOS. The van der Waals surface area contributed by atoms with E-state index in [0.29, 0.717) is 17.5 Å². The van der Waals surface area contributed by atoms with E-state index in [1.54, 1.807) is 0 Å². The lowest BCUT2D eigenvalue weighted by molar-refractivity contribution is -0.124. The van der Waals surface area contributed by atoms with Gasteiger partial charge in [-0.1, -0.05) is 6.92 Å². The summed E-state index contributed by atoms with van der Waals surface area (Å²) in [5, 5.41) is 0.576. The van der Waals surface area contributed by atoms with Crippen LogP contribution in [0.5, 0.6) is 0 Å². The predicted molar refractivity (Wildman–Crippen MR) is 69.9 cm³/mol. The van der Waals surface area contributed by atoms with Gasteiger partial charge in [0, 0.05) is 23.8 Å². The zero-order valence-electron chi connectivity index (χ0n) is 10.8. The molecule has 2 rings (SSSR count). The van der Waals surface area contributed by atoms with Crippen molar-refractivity contribution < 1.29 is 4.79 Å². The van der Waals surface area contributed by atoms with Gasteiger partial charge in [0.1, 0.15) is 0 Å². The van der Waals surface area contributed by atoms with Gasteiger partial charge in [-0.2, -0.15) is 11.8 Å². The minimum atomic E-state index is 0.125. The van der Waals surface area contributed by atoms with Crippen molar-refractivity contribution in [1.29, 1.82) is 0 Å². The number of rotatable bonds is 2. The van der Waals surface area contributed by atoms with E-state index in [0.717, 1.165) is 12.5 Å². The number of carbonyl (C=O) groups is 1. The summed E-state index contributed by atoms with van der Waals surface area (Å²) in [4.78, 5) is 14.6. The van der Waals surface area contributed by atoms with Crippen LogP contribution >= 0.6 is 11.8 Å². The molecule has 2 aliphatic heterocycles. The van der Waals surface area contributed by atoms with Crippen molar-refractivity contribution in [1.82, 2.24) is 4.90 Å². The first-order valence-corrected chi connectivity index (χ1v) is 7.41. The normalized spacial score (nSPS) is 35.4. The second kappa shape index (κ2) is 4.34. The first-order valence-electron chi connectivity index (χ1n) is 6.36. The predicted octanol–water partition coefficient (Wildman–Crippen LogP) is 2.57. The minimum Gasteiger partial charge on any atom is -0.298 e. The van der Waals surface area contributed by atoms with Crippen LogP contribution in [-0.4, -0.2) is 39.8 Å². The Bertz CT molecular complexity index is 284. The van der Waals surface area contributed by atoms with E-state index in [9.17, 15) is 4.79 Å². The number of likely N-dealkylation sites (tertiary alicyclic amines) is 1. The zero-order valence-corrected chi connectivity index (χ0v) is 11.6. The standard InChI is InChI=1S/C13H23NOS/c1-5-10(15)11-12-9(6-7-16-12)8-14(11)13(2,3)4/h9,11-12H,5-8H2,1-4H3. The van der Waals surface area contributed by atoms with Gasteiger partial charge in [-0.15, -0.1) is 0 Å². The highest BCUT2D eigenvalue weighted by Gasteiger charge is 2.50. The smallest absolute Gasteiger partial charge is 0.150 e. The molecule has 0 radical (unpaired) electrons. The average molecular weight is 241 g/mol. The lowest BCUT2D eigenvalue weighted by Gasteiger charge is -2.37. The molecule has 2 heterocycles. The first kappa shape index (κ1) is 12.4. The summed E-state index contributed by atoms with van der Waals surface area (Å²) in [5.41, 5.74) is 0.125. The lowest BCUT2D eigenvalue weighted by Crippen LogP contribution is -2.50. The minimum absolute atomic E-state index is 0.125. The largest absolute Gasteiger partial charge is 0.298 e. The Hall–Kier alpha value is -0.0200. The summed E-state index contributed by atoms with van der Waals surface area (Å²) < 4.78 is 0. The van der Waals surface area contributed by atoms with Crippen molar-refractivity contribution in [3.8, 4) is 0 Å². The average Bonchev–Trinajstić information content (AvgIpc) is 2.73. The van der Waals surface area contributed by atoms with Gasteiger partial charge in [0.25, 0.3) is 0 Å². The molecule has 3 unspecified atom stereocenters. The van der Waals surface area contributed by atoms with Crippen molar-refractivity contribution >= 4 is 17.5 Å². The van der Waals surface area contributed by atoms with Gasteiger partial charge in [-0.3, -0.25) is 9.69 Å². The van der Waals surface area contributed by atoms with Crippen LogP contribution in [0.25, 0.3) is 0 Å². The molecule has 2 fully saturated rings. The zero-order chi connectivity index (χ0) is 11.9. The molecule has 0 aromatic carbocycles. The molecule has 2 nitrogen and oxygen atoms in total. The van der Waals surface area contributed by atoms with Gasteiger partial charge in [0.15, 0.2) is 5.78 Å². The van der Waals surface area contributed by atoms with Crippen LogP contribution in [0.1, 0.15) is 40.5 Å². The monoisotopic (exact) mass is 241 g/mol. The molecule has 0 aliphatic carbocycles. The summed E-state index contributed by atoms with van der Waals surface area (Å²) in [5.74, 6) is 2.45. The molecule has 2 saturated heterocycles. The highest BCUT2D eigenvalue weighted by Crippen LogP contribution is 2.44. The molecule has 2 aliphatic rings. The fourth-order valence-corrected chi connectivity index (χ4v) is 4.69. The summed E-state index contributed by atoms with van der Waals surface area (Å²) in [6.07, 6.45) is 1.98. The molecule has 3 heteroatoms. The number of fused-ring (bicyclic) bond motifs is 1. The van der Waals surface area contributed by atoms with Crippen molar-refractivity contribution in [2.75, 3.05) is 12.3 Å². The summed E-state index contributed by atoms with van der Waals surface area (Å²) >= 11 is 2.02.